The third-order valence-electron chi connectivity index (χ3n) is 10.1. The van der Waals surface area contributed by atoms with E-state index < -0.39 is 11.9 Å². The molecule has 0 amide bonds. The molecule has 0 spiro atoms. The minimum Gasteiger partial charge on any atom is -0.549 e. The van der Waals surface area contributed by atoms with Crippen LogP contribution < -0.4 is 10.2 Å². The number of carbonyl (C=O) groups is 2. The van der Waals surface area contributed by atoms with E-state index in [1.165, 1.54) is 216 Å². The van der Waals surface area contributed by atoms with Crippen molar-refractivity contribution in [1.82, 2.24) is 0 Å². The van der Waals surface area contributed by atoms with Gasteiger partial charge in [-0.25, -0.2) is 0 Å². The number of hydrogen-bond acceptors (Lipinski definition) is 6. The summed E-state index contributed by atoms with van der Waals surface area (Å²) in [5.41, 5.74) is 0. The van der Waals surface area contributed by atoms with E-state index in [4.69, 9.17) is 0 Å². The van der Waals surface area contributed by atoms with Crippen LogP contribution in [0.4, 0.5) is 0 Å². The van der Waals surface area contributed by atoms with Crippen LogP contribution in [0.2, 0.25) is 8.87 Å². The van der Waals surface area contributed by atoms with Gasteiger partial charge in [0.05, 0.1) is 11.9 Å². The van der Waals surface area contributed by atoms with Crippen molar-refractivity contribution in [1.29, 1.82) is 0 Å². The molecule has 55 heavy (non-hydrogen) atoms. The number of unbranched alkanes of at least 4 members (excludes halogenated alkanes) is 32. The van der Waals surface area contributed by atoms with Crippen molar-refractivity contribution in [3.05, 3.63) is 0 Å². The first-order chi connectivity index (χ1) is 27.0. The van der Waals surface area contributed by atoms with Gasteiger partial charge < -0.3 is 19.8 Å². The second kappa shape index (κ2) is 58.8. The summed E-state index contributed by atoms with van der Waals surface area (Å²) in [6.07, 6.45) is 52.3. The molecular formula is C48H96O4S2Sn. The molecule has 0 aromatic heterocycles. The first kappa shape index (κ1) is 59.7. The second-order valence-electron chi connectivity index (χ2n) is 15.9. The van der Waals surface area contributed by atoms with Crippen molar-refractivity contribution in [3.63, 3.8) is 0 Å². The van der Waals surface area contributed by atoms with E-state index in [-0.39, 0.29) is 32.6 Å². The van der Waals surface area contributed by atoms with Crippen molar-refractivity contribution in [3.8, 4) is 0 Å². The Balaban J connectivity index is -0.00000122. The fourth-order valence-electron chi connectivity index (χ4n) is 6.52. The van der Waals surface area contributed by atoms with Crippen LogP contribution in [0.1, 0.15) is 259 Å². The SMILES string of the molecule is CCCCCCCCCCCCCCCCC[CH2][Sn+2][CH2]CCCCCCCCCCCCCCCCC.CCCCSCC(=O)[O-].CCCCSCC(=O)[O-]. The molecule has 0 saturated heterocycles. The van der Waals surface area contributed by atoms with Gasteiger partial charge in [0.15, 0.2) is 0 Å². The molecule has 0 aliphatic heterocycles. The predicted molar refractivity (Wildman–Crippen MR) is 249 cm³/mol. The van der Waals surface area contributed by atoms with Crippen LogP contribution in [0.3, 0.4) is 0 Å². The Hall–Kier alpha value is 0.439. The zero-order valence-electron chi connectivity index (χ0n) is 37.6. The van der Waals surface area contributed by atoms with Gasteiger partial charge in [-0.3, -0.25) is 0 Å². The Bertz CT molecular complexity index is 641. The summed E-state index contributed by atoms with van der Waals surface area (Å²) in [6, 6.07) is 0. The maximum atomic E-state index is 9.83. The van der Waals surface area contributed by atoms with Crippen molar-refractivity contribution in [2.24, 2.45) is 0 Å². The summed E-state index contributed by atoms with van der Waals surface area (Å²) in [4.78, 5) is 19.7. The summed E-state index contributed by atoms with van der Waals surface area (Å²) in [7, 11) is 0. The monoisotopic (exact) mass is 921 g/mol. The van der Waals surface area contributed by atoms with E-state index in [1.807, 2.05) is 0 Å². The Morgan fingerprint density at radius 2 is 0.527 bits per heavy atom. The van der Waals surface area contributed by atoms with Crippen molar-refractivity contribution < 1.29 is 19.8 Å². The first-order valence-electron chi connectivity index (χ1n) is 24.2. The zero-order valence-corrected chi connectivity index (χ0v) is 42.1. The van der Waals surface area contributed by atoms with E-state index in [0.717, 1.165) is 37.2 Å². The van der Waals surface area contributed by atoms with E-state index >= 15 is 0 Å². The third-order valence-corrected chi connectivity index (χ3v) is 16.2. The third kappa shape index (κ3) is 69.4. The summed E-state index contributed by atoms with van der Waals surface area (Å²) < 4.78 is 3.33. The van der Waals surface area contributed by atoms with E-state index in [2.05, 4.69) is 27.7 Å². The number of aliphatic carboxylic acids is 2. The van der Waals surface area contributed by atoms with Crippen LogP contribution in [0.15, 0.2) is 0 Å². The average Bonchev–Trinajstić information content (AvgIpc) is 3.17. The number of carbonyl (C=O) groups excluding carboxylic acids is 2. The van der Waals surface area contributed by atoms with Crippen molar-refractivity contribution in [2.45, 2.75) is 268 Å². The number of carboxylic acids is 2. The molecule has 0 aliphatic rings. The summed E-state index contributed by atoms with van der Waals surface area (Å²) in [6.45, 7) is 8.79. The zero-order chi connectivity index (χ0) is 41.0. The summed E-state index contributed by atoms with van der Waals surface area (Å²) >= 11 is 2.86. The van der Waals surface area contributed by atoms with Crippen LogP contribution in [0.25, 0.3) is 0 Å². The molecule has 0 fully saturated rings. The van der Waals surface area contributed by atoms with E-state index in [0.29, 0.717) is 0 Å². The molecule has 0 N–H and O–H groups in total. The molecule has 0 aromatic rings. The van der Waals surface area contributed by atoms with Crippen LogP contribution in [-0.4, -0.2) is 56.1 Å². The van der Waals surface area contributed by atoms with Gasteiger partial charge in [-0.2, -0.15) is 23.5 Å². The Morgan fingerprint density at radius 1 is 0.327 bits per heavy atom. The van der Waals surface area contributed by atoms with Crippen LogP contribution in [-0.2, 0) is 9.59 Å². The molecule has 0 saturated carbocycles. The van der Waals surface area contributed by atoms with Crippen molar-refractivity contribution >= 4 is 56.6 Å². The van der Waals surface area contributed by atoms with Gasteiger partial charge >= 0.3 is 171 Å². The Kier molecular flexibility index (Phi) is 63.8. The van der Waals surface area contributed by atoms with Gasteiger partial charge in [-0.05, 0) is 24.3 Å². The second-order valence-corrected chi connectivity index (χ2v) is 22.4. The molecule has 0 aromatic carbocycles. The van der Waals surface area contributed by atoms with Gasteiger partial charge in [0.1, 0.15) is 0 Å². The van der Waals surface area contributed by atoms with Crippen LogP contribution >= 0.6 is 23.5 Å². The Morgan fingerprint density at radius 3 is 0.727 bits per heavy atom. The van der Waals surface area contributed by atoms with Gasteiger partial charge in [0, 0.05) is 11.5 Å². The molecule has 0 bridgehead atoms. The molecule has 328 valence electrons. The van der Waals surface area contributed by atoms with Gasteiger partial charge in [-0.15, -0.1) is 0 Å². The molecule has 0 aliphatic carbocycles. The van der Waals surface area contributed by atoms with Crippen LogP contribution in [0.5, 0.6) is 0 Å². The smallest absolute Gasteiger partial charge is 0.549 e. The molecule has 0 rings (SSSR count). The van der Waals surface area contributed by atoms with E-state index in [9.17, 15) is 19.8 Å². The predicted octanol–water partition coefficient (Wildman–Crippen LogP) is 14.6. The summed E-state index contributed by atoms with van der Waals surface area (Å²) in [5, 5.41) is 19.7. The molecule has 0 radical (unpaired) electrons. The molecule has 0 unspecified atom stereocenters. The molecular weight excluding hydrogens is 823 g/mol. The standard InChI is InChI=1S/2C18H37.2C6H12O2S.Sn/c2*1-3-5-7-9-11-13-15-17-18-16-14-12-10-8-6-4-2;2*1-2-3-4-9-5-6(7)8;/h2*1,3-18H2,2H3;2*2-5H2,1H3,(H,7,8);/q;;;;+2/p-2. The van der Waals surface area contributed by atoms with E-state index in [1.54, 1.807) is 21.7 Å². The fourth-order valence-corrected chi connectivity index (χ4v) is 11.7. The van der Waals surface area contributed by atoms with Gasteiger partial charge in [-0.1, -0.05) is 105 Å². The number of thioether (sulfide) groups is 2. The summed E-state index contributed by atoms with van der Waals surface area (Å²) in [5.74, 6) is 0.224. The maximum absolute atomic E-state index is 9.83. The Labute approximate surface area is 364 Å². The topological polar surface area (TPSA) is 80.3 Å². The minimum absolute atomic E-state index is 0.00985. The van der Waals surface area contributed by atoms with Crippen LogP contribution in [0, 0.1) is 0 Å². The normalized spacial score (nSPS) is 10.7. The average molecular weight is 920 g/mol. The molecule has 4 nitrogen and oxygen atoms in total. The number of carboxylic acid groups (broad SMARTS) is 2. The number of rotatable bonds is 44. The number of hydrogen-bond donors (Lipinski definition) is 0. The molecule has 7 heteroatoms. The minimum atomic E-state index is -0.962. The molecule has 0 heterocycles. The fraction of sp³-hybridized carbons (Fsp3) is 0.958. The molecule has 0 atom stereocenters. The van der Waals surface area contributed by atoms with Gasteiger partial charge in [0.2, 0.25) is 0 Å². The first-order valence-corrected chi connectivity index (χ1v) is 30.6. The quantitative estimate of drug-likeness (QED) is 0.0447. The van der Waals surface area contributed by atoms with Gasteiger partial charge in [0.25, 0.3) is 0 Å². The van der Waals surface area contributed by atoms with Crippen molar-refractivity contribution in [2.75, 3.05) is 23.0 Å².